The molecule has 20 heavy (non-hydrogen) atoms. The Balaban J connectivity index is 2.17. The third kappa shape index (κ3) is 3.16. The number of rotatable bonds is 4. The minimum absolute atomic E-state index is 0.0760. The molecule has 0 aliphatic rings. The minimum Gasteiger partial charge on any atom is -0.374 e. The number of nitrogens with one attached hydrogen (secondary N) is 1. The molecule has 0 saturated heterocycles. The van der Waals surface area contributed by atoms with Crippen LogP contribution in [0, 0.1) is 11.6 Å². The van der Waals surface area contributed by atoms with Crippen molar-refractivity contribution in [2.75, 3.05) is 5.32 Å². The zero-order valence-corrected chi connectivity index (χ0v) is 12.0. The molecule has 0 aromatic heterocycles. The van der Waals surface area contributed by atoms with Crippen LogP contribution in [0.2, 0.25) is 0 Å². The predicted molar refractivity (Wildman–Crippen MR) is 78.9 cm³/mol. The summed E-state index contributed by atoms with van der Waals surface area (Å²) in [6.45, 7) is 6.15. The van der Waals surface area contributed by atoms with E-state index in [1.807, 2.05) is 19.1 Å². The van der Waals surface area contributed by atoms with Gasteiger partial charge in [-0.05, 0) is 36.1 Å². The summed E-state index contributed by atoms with van der Waals surface area (Å²) in [5, 5.41) is 2.89. The van der Waals surface area contributed by atoms with Crippen LogP contribution < -0.4 is 5.32 Å². The fourth-order valence-corrected chi connectivity index (χ4v) is 2.11. The summed E-state index contributed by atoms with van der Waals surface area (Å²) in [6.07, 6.45) is 0. The summed E-state index contributed by atoms with van der Waals surface area (Å²) in [7, 11) is 0. The molecule has 1 atom stereocenters. The molecule has 1 N–H and O–H groups in total. The van der Waals surface area contributed by atoms with Gasteiger partial charge in [0.1, 0.15) is 17.3 Å². The van der Waals surface area contributed by atoms with E-state index in [2.05, 4.69) is 31.3 Å². The maximum atomic E-state index is 13.6. The van der Waals surface area contributed by atoms with Gasteiger partial charge in [-0.1, -0.05) is 44.2 Å². The number of para-hydroxylation sites is 1. The van der Waals surface area contributed by atoms with Crippen molar-refractivity contribution < 1.29 is 8.78 Å². The van der Waals surface area contributed by atoms with Crippen LogP contribution in [0.1, 0.15) is 43.9 Å². The Kier molecular flexibility index (Phi) is 4.38. The highest BCUT2D eigenvalue weighted by Gasteiger charge is 2.12. The Hall–Kier alpha value is -1.90. The average molecular weight is 275 g/mol. The first kappa shape index (κ1) is 14.5. The quantitative estimate of drug-likeness (QED) is 0.802. The van der Waals surface area contributed by atoms with Crippen LogP contribution in [0.25, 0.3) is 0 Å². The molecule has 0 saturated carbocycles. The van der Waals surface area contributed by atoms with Crippen molar-refractivity contribution in [3.8, 4) is 0 Å². The lowest BCUT2D eigenvalue weighted by Gasteiger charge is -2.17. The molecule has 2 aromatic carbocycles. The molecule has 0 amide bonds. The molecule has 0 heterocycles. The third-order valence-electron chi connectivity index (χ3n) is 3.43. The molecule has 0 fully saturated rings. The second kappa shape index (κ2) is 6.04. The van der Waals surface area contributed by atoms with E-state index in [-0.39, 0.29) is 11.7 Å². The smallest absolute Gasteiger partial charge is 0.149 e. The van der Waals surface area contributed by atoms with Crippen LogP contribution in [0.15, 0.2) is 42.5 Å². The molecule has 0 aliphatic carbocycles. The number of hydrogen-bond donors (Lipinski definition) is 1. The summed E-state index contributed by atoms with van der Waals surface area (Å²) >= 11 is 0. The molecule has 0 spiro atoms. The van der Waals surface area contributed by atoms with Crippen LogP contribution in [0.4, 0.5) is 14.5 Å². The Morgan fingerprint density at radius 2 is 1.30 bits per heavy atom. The SMILES string of the molecule is CC(C)c1ccc(C(C)Nc2c(F)cccc2F)cc1. The first-order valence-corrected chi connectivity index (χ1v) is 6.79. The minimum atomic E-state index is -0.573. The fourth-order valence-electron chi connectivity index (χ4n) is 2.11. The average Bonchev–Trinajstić information content (AvgIpc) is 2.43. The van der Waals surface area contributed by atoms with Gasteiger partial charge >= 0.3 is 0 Å². The van der Waals surface area contributed by atoms with Crippen LogP contribution in [-0.2, 0) is 0 Å². The molecule has 0 bridgehead atoms. The third-order valence-corrected chi connectivity index (χ3v) is 3.43. The predicted octanol–water partition coefficient (Wildman–Crippen LogP) is 5.26. The van der Waals surface area contributed by atoms with Gasteiger partial charge < -0.3 is 5.32 Å². The number of halogens is 2. The summed E-state index contributed by atoms with van der Waals surface area (Å²) < 4.78 is 27.2. The lowest BCUT2D eigenvalue weighted by atomic mass is 9.99. The number of hydrogen-bond acceptors (Lipinski definition) is 1. The van der Waals surface area contributed by atoms with Gasteiger partial charge in [0, 0.05) is 6.04 Å². The van der Waals surface area contributed by atoms with E-state index in [4.69, 9.17) is 0 Å². The van der Waals surface area contributed by atoms with Crippen LogP contribution in [0.3, 0.4) is 0 Å². The van der Waals surface area contributed by atoms with Crippen LogP contribution >= 0.6 is 0 Å². The van der Waals surface area contributed by atoms with Crippen LogP contribution in [0.5, 0.6) is 0 Å². The van der Waals surface area contributed by atoms with Gasteiger partial charge in [0.25, 0.3) is 0 Å². The van der Waals surface area contributed by atoms with Crippen molar-refractivity contribution >= 4 is 5.69 Å². The highest BCUT2D eigenvalue weighted by Crippen LogP contribution is 2.25. The fraction of sp³-hybridized carbons (Fsp3) is 0.294. The summed E-state index contributed by atoms with van der Waals surface area (Å²) in [5.74, 6) is -0.678. The lowest BCUT2D eigenvalue weighted by Crippen LogP contribution is -2.09. The zero-order valence-electron chi connectivity index (χ0n) is 12.0. The van der Waals surface area contributed by atoms with Gasteiger partial charge in [-0.3, -0.25) is 0 Å². The normalized spacial score (nSPS) is 12.5. The molecule has 2 aromatic rings. The topological polar surface area (TPSA) is 12.0 Å². The van der Waals surface area contributed by atoms with Gasteiger partial charge in [-0.25, -0.2) is 8.78 Å². The van der Waals surface area contributed by atoms with Crippen molar-refractivity contribution in [2.45, 2.75) is 32.7 Å². The van der Waals surface area contributed by atoms with Crippen molar-refractivity contribution in [3.63, 3.8) is 0 Å². The second-order valence-corrected chi connectivity index (χ2v) is 5.28. The monoisotopic (exact) mass is 275 g/mol. The molecule has 106 valence electrons. The van der Waals surface area contributed by atoms with Gasteiger partial charge in [0.15, 0.2) is 0 Å². The van der Waals surface area contributed by atoms with Crippen molar-refractivity contribution in [2.24, 2.45) is 0 Å². The van der Waals surface area contributed by atoms with E-state index in [1.165, 1.54) is 23.8 Å². The first-order valence-electron chi connectivity index (χ1n) is 6.79. The highest BCUT2D eigenvalue weighted by atomic mass is 19.1. The Labute approximate surface area is 118 Å². The van der Waals surface area contributed by atoms with Gasteiger partial charge in [0.05, 0.1) is 0 Å². The van der Waals surface area contributed by atoms with Crippen LogP contribution in [-0.4, -0.2) is 0 Å². The number of anilines is 1. The number of benzene rings is 2. The molecule has 2 rings (SSSR count). The lowest BCUT2D eigenvalue weighted by molar-refractivity contribution is 0.584. The standard InChI is InChI=1S/C17H19F2N/c1-11(2)13-7-9-14(10-8-13)12(3)20-17-15(18)5-4-6-16(17)19/h4-12,20H,1-3H3. The Morgan fingerprint density at radius 3 is 1.80 bits per heavy atom. The largest absolute Gasteiger partial charge is 0.374 e. The molecule has 0 aliphatic heterocycles. The molecule has 1 unspecified atom stereocenters. The van der Waals surface area contributed by atoms with Crippen molar-refractivity contribution in [1.29, 1.82) is 0 Å². The molecular formula is C17H19F2N. The van der Waals surface area contributed by atoms with E-state index >= 15 is 0 Å². The Bertz CT molecular complexity index is 556. The van der Waals surface area contributed by atoms with E-state index in [0.29, 0.717) is 5.92 Å². The maximum Gasteiger partial charge on any atom is 0.149 e. The second-order valence-electron chi connectivity index (χ2n) is 5.28. The van der Waals surface area contributed by atoms with E-state index in [9.17, 15) is 8.78 Å². The van der Waals surface area contributed by atoms with Gasteiger partial charge in [0.2, 0.25) is 0 Å². The van der Waals surface area contributed by atoms with E-state index in [1.54, 1.807) is 0 Å². The summed E-state index contributed by atoms with van der Waals surface area (Å²) in [4.78, 5) is 0. The molecule has 0 radical (unpaired) electrons. The molecule has 1 nitrogen and oxygen atoms in total. The molecular weight excluding hydrogens is 256 g/mol. The van der Waals surface area contributed by atoms with E-state index < -0.39 is 11.6 Å². The van der Waals surface area contributed by atoms with E-state index in [0.717, 1.165) is 5.56 Å². The van der Waals surface area contributed by atoms with Crippen molar-refractivity contribution in [3.05, 3.63) is 65.2 Å². The van der Waals surface area contributed by atoms with Gasteiger partial charge in [-0.15, -0.1) is 0 Å². The van der Waals surface area contributed by atoms with Crippen molar-refractivity contribution in [1.82, 2.24) is 0 Å². The van der Waals surface area contributed by atoms with Gasteiger partial charge in [-0.2, -0.15) is 0 Å². The molecule has 3 heteroatoms. The highest BCUT2D eigenvalue weighted by molar-refractivity contribution is 5.48. The summed E-state index contributed by atoms with van der Waals surface area (Å²) in [5.41, 5.74) is 2.17. The zero-order chi connectivity index (χ0) is 14.7. The first-order chi connectivity index (χ1) is 9.49. The summed E-state index contributed by atoms with van der Waals surface area (Å²) in [6, 6.07) is 11.8. The Morgan fingerprint density at radius 1 is 0.800 bits per heavy atom. The maximum absolute atomic E-state index is 13.6.